The summed E-state index contributed by atoms with van der Waals surface area (Å²) in [4.78, 5) is 49.4. The van der Waals surface area contributed by atoms with Crippen LogP contribution in [0.4, 0.5) is 0 Å². The van der Waals surface area contributed by atoms with Gasteiger partial charge in [-0.3, -0.25) is 29.4 Å². The molecular weight excluding hydrogens is 260 g/mol. The monoisotopic (exact) mass is 270 g/mol. The van der Waals surface area contributed by atoms with Crippen molar-refractivity contribution in [3.05, 3.63) is 35.4 Å². The van der Waals surface area contributed by atoms with Gasteiger partial charge in [0, 0.05) is 5.92 Å². The highest BCUT2D eigenvalue weighted by atomic mass is 16.2. The van der Waals surface area contributed by atoms with Gasteiger partial charge in [0.1, 0.15) is 5.54 Å². The highest BCUT2D eigenvalue weighted by molar-refractivity contribution is 6.25. The highest BCUT2D eigenvalue weighted by Crippen LogP contribution is 2.48. The van der Waals surface area contributed by atoms with Crippen LogP contribution in [-0.2, 0) is 9.59 Å². The Bertz CT molecular complexity index is 668. The number of carbonyl (C=O) groups is 4. The zero-order chi connectivity index (χ0) is 14.1. The number of rotatable bonds is 1. The summed E-state index contributed by atoms with van der Waals surface area (Å²) in [5.74, 6) is -2.04. The summed E-state index contributed by atoms with van der Waals surface area (Å²) in [6.07, 6.45) is 0.478. The molecule has 2 saturated heterocycles. The van der Waals surface area contributed by atoms with Crippen LogP contribution in [0, 0.1) is 5.92 Å². The topological polar surface area (TPSA) is 83.6 Å². The molecule has 20 heavy (non-hydrogen) atoms. The Balaban J connectivity index is 1.79. The predicted molar refractivity (Wildman–Crippen MR) is 65.5 cm³/mol. The molecule has 1 aliphatic carbocycles. The zero-order valence-electron chi connectivity index (χ0n) is 10.4. The molecule has 3 heterocycles. The second-order valence-corrected chi connectivity index (χ2v) is 5.45. The summed E-state index contributed by atoms with van der Waals surface area (Å²) in [5, 5.41) is 2.24. The quantitative estimate of drug-likeness (QED) is 0.733. The maximum atomic E-state index is 12.4. The standard InChI is InChI=1S/C14H10N2O4/c17-10-7-5-14(6-7,13(20)15-10)16-11(18)8-3-1-2-4-9(8)12(16)19/h1-4,7H,5-6H2,(H,15,17,20). The summed E-state index contributed by atoms with van der Waals surface area (Å²) in [7, 11) is 0. The van der Waals surface area contributed by atoms with E-state index in [9.17, 15) is 19.2 Å². The number of carbonyl (C=O) groups excluding carboxylic acids is 4. The number of benzene rings is 1. The highest BCUT2D eigenvalue weighted by Gasteiger charge is 2.65. The van der Waals surface area contributed by atoms with Gasteiger partial charge >= 0.3 is 0 Å². The minimum atomic E-state index is -1.17. The van der Waals surface area contributed by atoms with Gasteiger partial charge < -0.3 is 0 Å². The van der Waals surface area contributed by atoms with Gasteiger partial charge in [0.05, 0.1) is 11.1 Å². The summed E-state index contributed by atoms with van der Waals surface area (Å²) in [6.45, 7) is 0. The molecule has 5 rings (SSSR count). The van der Waals surface area contributed by atoms with Gasteiger partial charge in [-0.25, -0.2) is 0 Å². The third kappa shape index (κ3) is 1.10. The number of nitrogens with zero attached hydrogens (tertiary/aromatic N) is 1. The van der Waals surface area contributed by atoms with Crippen molar-refractivity contribution in [1.29, 1.82) is 0 Å². The van der Waals surface area contributed by atoms with Crippen LogP contribution in [0.25, 0.3) is 0 Å². The Morgan fingerprint density at radius 2 is 1.55 bits per heavy atom. The second kappa shape index (κ2) is 3.33. The third-order valence-corrected chi connectivity index (χ3v) is 4.42. The first-order chi connectivity index (χ1) is 9.54. The van der Waals surface area contributed by atoms with Gasteiger partial charge in [0.15, 0.2) is 0 Å². The van der Waals surface area contributed by atoms with Crippen LogP contribution < -0.4 is 5.32 Å². The van der Waals surface area contributed by atoms with Crippen molar-refractivity contribution in [2.45, 2.75) is 18.4 Å². The molecular formula is C14H10N2O4. The lowest BCUT2D eigenvalue weighted by Gasteiger charge is -2.52. The lowest BCUT2D eigenvalue weighted by atomic mass is 9.63. The van der Waals surface area contributed by atoms with Crippen LogP contribution in [-0.4, -0.2) is 34.1 Å². The number of nitrogens with one attached hydrogen (secondary N) is 1. The summed E-state index contributed by atoms with van der Waals surface area (Å²) < 4.78 is 0. The second-order valence-electron chi connectivity index (χ2n) is 5.45. The van der Waals surface area contributed by atoms with Gasteiger partial charge in [-0.1, -0.05) is 12.1 Å². The van der Waals surface area contributed by atoms with E-state index in [4.69, 9.17) is 0 Å². The van der Waals surface area contributed by atoms with Crippen molar-refractivity contribution < 1.29 is 19.2 Å². The number of hydrogen-bond donors (Lipinski definition) is 1. The van der Waals surface area contributed by atoms with Crippen LogP contribution in [0.1, 0.15) is 33.6 Å². The molecule has 0 atom stereocenters. The number of amides is 4. The van der Waals surface area contributed by atoms with E-state index in [-0.39, 0.29) is 24.7 Å². The summed E-state index contributed by atoms with van der Waals surface area (Å²) in [6, 6.07) is 6.51. The summed E-state index contributed by atoms with van der Waals surface area (Å²) >= 11 is 0. The molecule has 2 bridgehead atoms. The molecule has 0 spiro atoms. The average molecular weight is 270 g/mol. The van der Waals surface area contributed by atoms with Crippen molar-refractivity contribution in [3.63, 3.8) is 0 Å². The maximum Gasteiger partial charge on any atom is 0.262 e. The molecule has 1 aromatic rings. The van der Waals surface area contributed by atoms with E-state index in [1.807, 2.05) is 0 Å². The minimum absolute atomic E-state index is 0.239. The van der Waals surface area contributed by atoms with Gasteiger partial charge in [0.2, 0.25) is 5.91 Å². The van der Waals surface area contributed by atoms with Crippen molar-refractivity contribution in [2.75, 3.05) is 0 Å². The van der Waals surface area contributed by atoms with Crippen molar-refractivity contribution in [1.82, 2.24) is 10.2 Å². The fourth-order valence-electron chi connectivity index (χ4n) is 3.32. The molecule has 100 valence electrons. The van der Waals surface area contributed by atoms with Crippen LogP contribution in [0.3, 0.4) is 0 Å². The zero-order valence-corrected chi connectivity index (χ0v) is 10.4. The molecule has 0 unspecified atom stereocenters. The van der Waals surface area contributed by atoms with Crippen molar-refractivity contribution in [2.24, 2.45) is 5.92 Å². The van der Waals surface area contributed by atoms with Crippen LogP contribution in [0.5, 0.6) is 0 Å². The number of piperidine rings is 2. The molecule has 0 aromatic heterocycles. The maximum absolute atomic E-state index is 12.4. The summed E-state index contributed by atoms with van der Waals surface area (Å²) in [5.41, 5.74) is -0.536. The van der Waals surface area contributed by atoms with Crippen molar-refractivity contribution >= 4 is 23.6 Å². The molecule has 4 aliphatic rings. The van der Waals surface area contributed by atoms with Gasteiger partial charge in [-0.2, -0.15) is 0 Å². The molecule has 6 nitrogen and oxygen atoms in total. The molecule has 6 heteroatoms. The van der Waals surface area contributed by atoms with Gasteiger partial charge in [0.25, 0.3) is 17.7 Å². The van der Waals surface area contributed by atoms with E-state index < -0.39 is 23.3 Å². The van der Waals surface area contributed by atoms with E-state index in [2.05, 4.69) is 5.32 Å². The molecule has 4 amide bonds. The van der Waals surface area contributed by atoms with E-state index in [0.717, 1.165) is 4.90 Å². The van der Waals surface area contributed by atoms with E-state index >= 15 is 0 Å². The Hall–Kier alpha value is -2.50. The fraction of sp³-hybridized carbons (Fsp3) is 0.286. The largest absolute Gasteiger partial charge is 0.294 e. The Morgan fingerprint density at radius 1 is 1.00 bits per heavy atom. The molecule has 1 aromatic carbocycles. The normalized spacial score (nSPS) is 31.0. The Morgan fingerprint density at radius 3 is 2.05 bits per heavy atom. The first-order valence-corrected chi connectivity index (χ1v) is 6.38. The first kappa shape index (κ1) is 11.3. The SMILES string of the molecule is O=C1NC(=O)C2(N3C(=O)c4ccccc4C3=O)CC1C2. The molecule has 3 fully saturated rings. The van der Waals surface area contributed by atoms with Gasteiger partial charge in [-0.05, 0) is 25.0 Å². The lowest BCUT2D eigenvalue weighted by molar-refractivity contribution is -0.158. The smallest absolute Gasteiger partial charge is 0.262 e. The number of fused-ring (bicyclic) bond motifs is 3. The van der Waals surface area contributed by atoms with E-state index in [0.29, 0.717) is 11.1 Å². The molecule has 0 radical (unpaired) electrons. The third-order valence-electron chi connectivity index (χ3n) is 4.42. The average Bonchev–Trinajstić information content (AvgIpc) is 2.63. The van der Waals surface area contributed by atoms with Gasteiger partial charge in [-0.15, -0.1) is 0 Å². The molecule has 3 aliphatic heterocycles. The Kier molecular flexibility index (Phi) is 1.89. The number of imide groups is 2. The minimum Gasteiger partial charge on any atom is -0.294 e. The van der Waals surface area contributed by atoms with Crippen LogP contribution >= 0.6 is 0 Å². The van der Waals surface area contributed by atoms with Crippen LogP contribution in [0.15, 0.2) is 24.3 Å². The lowest BCUT2D eigenvalue weighted by Crippen LogP contribution is -2.74. The van der Waals surface area contributed by atoms with E-state index in [1.54, 1.807) is 24.3 Å². The van der Waals surface area contributed by atoms with Crippen LogP contribution in [0.2, 0.25) is 0 Å². The van der Waals surface area contributed by atoms with Crippen molar-refractivity contribution in [3.8, 4) is 0 Å². The first-order valence-electron chi connectivity index (χ1n) is 6.38. The predicted octanol–water partition coefficient (Wildman–Crippen LogP) is 0.0878. The molecule has 1 N–H and O–H groups in total. The number of hydrogen-bond acceptors (Lipinski definition) is 4. The van der Waals surface area contributed by atoms with E-state index in [1.165, 1.54) is 0 Å². The fourth-order valence-corrected chi connectivity index (χ4v) is 3.32. The Labute approximate surface area is 113 Å². The molecule has 1 saturated carbocycles.